The first-order valence-corrected chi connectivity index (χ1v) is 12.0. The van der Waals surface area contributed by atoms with Crippen LogP contribution in [0.3, 0.4) is 0 Å². The van der Waals surface area contributed by atoms with Crippen LogP contribution in [0.5, 0.6) is 5.75 Å². The average molecular weight is 484 g/mol. The van der Waals surface area contributed by atoms with Crippen LogP contribution in [0.15, 0.2) is 24.3 Å². The average Bonchev–Trinajstić information content (AvgIpc) is 2.74. The van der Waals surface area contributed by atoms with E-state index in [9.17, 15) is 23.4 Å². The Morgan fingerprint density at radius 3 is 2.06 bits per heavy atom. The first-order chi connectivity index (χ1) is 15.8. The smallest absolute Gasteiger partial charge is 0.406 e. The third-order valence-electron chi connectivity index (χ3n) is 5.63. The Kier molecular flexibility index (Phi) is 10.6. The molecule has 1 aromatic heterocycles. The number of aliphatic hydroxyl groups excluding tert-OH is 2. The number of benzene rings is 1. The van der Waals surface area contributed by atoms with Gasteiger partial charge >= 0.3 is 6.36 Å². The van der Waals surface area contributed by atoms with Crippen LogP contribution in [0, 0.1) is 12.3 Å². The molecule has 0 saturated carbocycles. The summed E-state index contributed by atoms with van der Waals surface area (Å²) in [5.74, 6) is -0.325. The van der Waals surface area contributed by atoms with Crippen LogP contribution in [-0.2, 0) is 6.42 Å². The number of nitrogens with zero attached hydrogens (tertiary/aromatic N) is 1. The molecule has 1 aliphatic carbocycles. The molecule has 1 aromatic carbocycles. The van der Waals surface area contributed by atoms with Gasteiger partial charge in [0.1, 0.15) is 11.9 Å². The van der Waals surface area contributed by atoms with Crippen molar-refractivity contribution in [3.8, 4) is 5.75 Å². The van der Waals surface area contributed by atoms with Crippen molar-refractivity contribution in [2.45, 2.75) is 99.6 Å². The molecule has 0 bridgehead atoms. The standard InChI is InChI=1S/C23H28F3NO3.2C2H6/c1-12(2)20-19(13(3)18-16(27-20)10-22(4,5)11-17(18)28)21(29)14-6-8-15(9-7-14)30-23(24,25)26;2*1-2/h6-9,12,17,21,28-29H,10-11H2,1-5H3;2*1-2H3. The highest BCUT2D eigenvalue weighted by molar-refractivity contribution is 5.48. The number of fused-ring (bicyclic) bond motifs is 1. The number of hydrogen-bond acceptors (Lipinski definition) is 4. The third kappa shape index (κ3) is 7.19. The summed E-state index contributed by atoms with van der Waals surface area (Å²) in [5.41, 5.74) is 4.09. The molecule has 2 N–H and O–H groups in total. The number of pyridine rings is 1. The number of hydrogen-bond donors (Lipinski definition) is 2. The van der Waals surface area contributed by atoms with Crippen LogP contribution in [-0.4, -0.2) is 21.6 Å². The summed E-state index contributed by atoms with van der Waals surface area (Å²) in [6, 6.07) is 5.18. The van der Waals surface area contributed by atoms with Gasteiger partial charge in [0.05, 0.1) is 6.10 Å². The van der Waals surface area contributed by atoms with E-state index >= 15 is 0 Å². The lowest BCUT2D eigenvalue weighted by atomic mass is 9.72. The fourth-order valence-corrected chi connectivity index (χ4v) is 4.35. The number of alkyl halides is 3. The maximum Gasteiger partial charge on any atom is 0.573 e. The van der Waals surface area contributed by atoms with Crippen molar-refractivity contribution in [1.82, 2.24) is 4.98 Å². The van der Waals surface area contributed by atoms with Crippen molar-refractivity contribution in [1.29, 1.82) is 0 Å². The highest BCUT2D eigenvalue weighted by Crippen LogP contribution is 2.44. The van der Waals surface area contributed by atoms with Crippen molar-refractivity contribution in [3.63, 3.8) is 0 Å². The molecule has 1 aliphatic rings. The normalized spacial score (nSPS) is 17.6. The lowest BCUT2D eigenvalue weighted by molar-refractivity contribution is -0.274. The second kappa shape index (κ2) is 12.0. The molecule has 2 unspecified atom stereocenters. The molecule has 2 aromatic rings. The van der Waals surface area contributed by atoms with Crippen LogP contribution in [0.2, 0.25) is 0 Å². The minimum absolute atomic E-state index is 0.0219. The molecule has 0 aliphatic heterocycles. The molecule has 192 valence electrons. The predicted octanol–water partition coefficient (Wildman–Crippen LogP) is 7.55. The zero-order chi connectivity index (χ0) is 26.4. The number of ether oxygens (including phenoxy) is 1. The lowest BCUT2D eigenvalue weighted by Gasteiger charge is -2.36. The maximum atomic E-state index is 12.4. The van der Waals surface area contributed by atoms with Crippen LogP contribution in [0.1, 0.15) is 114 Å². The Labute approximate surface area is 202 Å². The van der Waals surface area contributed by atoms with Gasteiger partial charge in [0.2, 0.25) is 0 Å². The molecule has 0 fully saturated rings. The molecule has 3 rings (SSSR count). The van der Waals surface area contributed by atoms with Crippen LogP contribution in [0.25, 0.3) is 0 Å². The van der Waals surface area contributed by atoms with Gasteiger partial charge in [0, 0.05) is 22.5 Å². The molecule has 34 heavy (non-hydrogen) atoms. The molecule has 0 spiro atoms. The summed E-state index contributed by atoms with van der Waals surface area (Å²) in [7, 11) is 0. The molecule has 1 heterocycles. The Hall–Kier alpha value is -2.12. The highest BCUT2D eigenvalue weighted by Gasteiger charge is 2.36. The molecule has 0 radical (unpaired) electrons. The molecule has 0 amide bonds. The van der Waals surface area contributed by atoms with Crippen molar-refractivity contribution in [3.05, 3.63) is 57.9 Å². The molecule has 0 saturated heterocycles. The van der Waals surface area contributed by atoms with E-state index in [4.69, 9.17) is 4.98 Å². The maximum absolute atomic E-state index is 12.4. The van der Waals surface area contributed by atoms with E-state index in [1.807, 2.05) is 48.5 Å². The molecule has 2 atom stereocenters. The predicted molar refractivity (Wildman–Crippen MR) is 130 cm³/mol. The Bertz CT molecular complexity index is 922. The van der Waals surface area contributed by atoms with Gasteiger partial charge in [-0.05, 0) is 54.4 Å². The molecular formula is C27H40F3NO3. The van der Waals surface area contributed by atoms with Crippen LogP contribution < -0.4 is 4.74 Å². The van der Waals surface area contributed by atoms with E-state index < -0.39 is 18.6 Å². The molecule has 4 nitrogen and oxygen atoms in total. The second-order valence-corrected chi connectivity index (χ2v) is 9.13. The first-order valence-electron chi connectivity index (χ1n) is 12.0. The Morgan fingerprint density at radius 1 is 1.06 bits per heavy atom. The van der Waals surface area contributed by atoms with Gasteiger partial charge < -0.3 is 14.9 Å². The monoisotopic (exact) mass is 483 g/mol. The minimum atomic E-state index is -4.77. The zero-order valence-electron chi connectivity index (χ0n) is 21.8. The first kappa shape index (κ1) is 29.9. The fraction of sp³-hybridized carbons (Fsp3) is 0.593. The lowest BCUT2D eigenvalue weighted by Crippen LogP contribution is -2.29. The fourth-order valence-electron chi connectivity index (χ4n) is 4.35. The summed E-state index contributed by atoms with van der Waals surface area (Å²) < 4.78 is 41.1. The van der Waals surface area contributed by atoms with Gasteiger partial charge in [0.15, 0.2) is 0 Å². The summed E-state index contributed by atoms with van der Waals surface area (Å²) in [6.07, 6.45) is -5.19. The molecular weight excluding hydrogens is 443 g/mol. The topological polar surface area (TPSA) is 62.6 Å². The van der Waals surface area contributed by atoms with E-state index in [0.717, 1.165) is 28.9 Å². The van der Waals surface area contributed by atoms with Gasteiger partial charge in [-0.3, -0.25) is 4.98 Å². The van der Waals surface area contributed by atoms with Crippen LogP contribution in [0.4, 0.5) is 13.2 Å². The van der Waals surface area contributed by atoms with Crippen molar-refractivity contribution in [2.75, 3.05) is 0 Å². The Morgan fingerprint density at radius 2 is 1.59 bits per heavy atom. The van der Waals surface area contributed by atoms with E-state index in [1.165, 1.54) is 24.3 Å². The third-order valence-corrected chi connectivity index (χ3v) is 5.63. The van der Waals surface area contributed by atoms with Gasteiger partial charge in [-0.15, -0.1) is 13.2 Å². The highest BCUT2D eigenvalue weighted by atomic mass is 19.4. The van der Waals surface area contributed by atoms with Gasteiger partial charge in [-0.25, -0.2) is 0 Å². The summed E-state index contributed by atoms with van der Waals surface area (Å²) in [6.45, 7) is 18.0. The second-order valence-electron chi connectivity index (χ2n) is 9.13. The van der Waals surface area contributed by atoms with Crippen molar-refractivity contribution < 1.29 is 28.1 Å². The SMILES string of the molecule is CC.CC.Cc1c2c(nc(C(C)C)c1C(O)c1ccc(OC(F)(F)F)cc1)CC(C)(C)CC2O. The number of aliphatic hydroxyl groups is 2. The van der Waals surface area contributed by atoms with Crippen LogP contribution >= 0.6 is 0 Å². The number of halogens is 3. The van der Waals surface area contributed by atoms with Gasteiger partial charge in [-0.1, -0.05) is 67.5 Å². The zero-order valence-corrected chi connectivity index (χ0v) is 21.8. The summed E-state index contributed by atoms with van der Waals surface area (Å²) in [5, 5.41) is 21.9. The summed E-state index contributed by atoms with van der Waals surface area (Å²) in [4.78, 5) is 4.84. The van der Waals surface area contributed by atoms with Gasteiger partial charge in [-0.2, -0.15) is 0 Å². The largest absolute Gasteiger partial charge is 0.573 e. The molecule has 7 heteroatoms. The van der Waals surface area contributed by atoms with E-state index in [0.29, 0.717) is 17.5 Å². The van der Waals surface area contributed by atoms with Crippen molar-refractivity contribution >= 4 is 0 Å². The minimum Gasteiger partial charge on any atom is -0.406 e. The number of rotatable bonds is 4. The van der Waals surface area contributed by atoms with Gasteiger partial charge in [0.25, 0.3) is 0 Å². The van der Waals surface area contributed by atoms with Crippen molar-refractivity contribution in [2.24, 2.45) is 5.41 Å². The van der Waals surface area contributed by atoms with E-state index in [-0.39, 0.29) is 17.1 Å². The quantitative estimate of drug-likeness (QED) is 0.471. The summed E-state index contributed by atoms with van der Waals surface area (Å²) >= 11 is 0. The number of aromatic nitrogens is 1. The van der Waals surface area contributed by atoms with E-state index in [1.54, 1.807) is 0 Å². The van der Waals surface area contributed by atoms with E-state index in [2.05, 4.69) is 18.6 Å². The Balaban J connectivity index is 0.00000137.